The number of hydrogen-bond acceptors (Lipinski definition) is 3. The smallest absolute Gasteiger partial charge is 0.239 e. The van der Waals surface area contributed by atoms with Crippen LogP contribution in [-0.4, -0.2) is 9.97 Å². The van der Waals surface area contributed by atoms with E-state index in [-0.39, 0.29) is 0 Å². The molecule has 0 aliphatic rings. The first-order chi connectivity index (χ1) is 7.25. The summed E-state index contributed by atoms with van der Waals surface area (Å²) < 4.78 is 5.53. The van der Waals surface area contributed by atoms with Crippen LogP contribution in [0.4, 0.5) is 0 Å². The first kappa shape index (κ1) is 9.93. The number of aromatic nitrogens is 2. The van der Waals surface area contributed by atoms with Crippen molar-refractivity contribution in [1.29, 1.82) is 0 Å². The highest BCUT2D eigenvalue weighted by atomic mass is 35.5. The molecule has 1 aromatic carbocycles. The predicted octanol–water partition coefficient (Wildman–Crippen LogP) is 3.23. The average molecular weight is 221 g/mol. The molecule has 2 rings (SSSR count). The van der Waals surface area contributed by atoms with E-state index >= 15 is 0 Å². The maximum atomic E-state index is 5.70. The van der Waals surface area contributed by atoms with E-state index in [1.54, 1.807) is 0 Å². The Morgan fingerprint density at radius 2 is 2.00 bits per heavy atom. The van der Waals surface area contributed by atoms with Gasteiger partial charge in [0.15, 0.2) is 5.15 Å². The highest BCUT2D eigenvalue weighted by Crippen LogP contribution is 2.22. The zero-order valence-electron chi connectivity index (χ0n) is 8.14. The minimum absolute atomic E-state index is 0.320. The van der Waals surface area contributed by atoms with Crippen LogP contribution >= 0.6 is 11.6 Å². The molecule has 0 aliphatic carbocycles. The van der Waals surface area contributed by atoms with Crippen molar-refractivity contribution in [2.24, 2.45) is 0 Å². The molecule has 0 bridgehead atoms. The summed E-state index contributed by atoms with van der Waals surface area (Å²) in [7, 11) is 0. The number of benzene rings is 1. The summed E-state index contributed by atoms with van der Waals surface area (Å²) in [4.78, 5) is 7.88. The number of halogens is 1. The molecule has 76 valence electrons. The molecule has 0 saturated heterocycles. The molecular formula is C11H9ClN2O. The number of para-hydroxylation sites is 1. The maximum absolute atomic E-state index is 5.70. The van der Waals surface area contributed by atoms with Gasteiger partial charge in [0.05, 0.1) is 12.4 Å². The van der Waals surface area contributed by atoms with Crippen LogP contribution < -0.4 is 4.74 Å². The van der Waals surface area contributed by atoms with Gasteiger partial charge in [-0.1, -0.05) is 29.8 Å². The highest BCUT2D eigenvalue weighted by Gasteiger charge is 2.02. The third-order valence-electron chi connectivity index (χ3n) is 1.89. The second-order valence-corrected chi connectivity index (χ2v) is 3.43. The van der Waals surface area contributed by atoms with Crippen molar-refractivity contribution in [2.45, 2.75) is 6.92 Å². The summed E-state index contributed by atoms with van der Waals surface area (Å²) >= 11 is 5.70. The molecule has 0 radical (unpaired) electrons. The van der Waals surface area contributed by atoms with Crippen LogP contribution in [0.5, 0.6) is 11.6 Å². The van der Waals surface area contributed by atoms with Gasteiger partial charge in [-0.15, -0.1) is 0 Å². The monoisotopic (exact) mass is 220 g/mol. The largest absolute Gasteiger partial charge is 0.437 e. The van der Waals surface area contributed by atoms with Crippen molar-refractivity contribution >= 4 is 11.6 Å². The molecule has 15 heavy (non-hydrogen) atoms. The van der Waals surface area contributed by atoms with E-state index in [9.17, 15) is 0 Å². The van der Waals surface area contributed by atoms with E-state index in [0.29, 0.717) is 11.0 Å². The molecule has 0 N–H and O–H groups in total. The van der Waals surface area contributed by atoms with Crippen molar-refractivity contribution in [2.75, 3.05) is 0 Å². The zero-order chi connectivity index (χ0) is 10.7. The van der Waals surface area contributed by atoms with E-state index in [1.807, 2.05) is 31.2 Å². The summed E-state index contributed by atoms with van der Waals surface area (Å²) in [5, 5.41) is 0.320. The summed E-state index contributed by atoms with van der Waals surface area (Å²) in [5.41, 5.74) is 1.04. The summed E-state index contributed by atoms with van der Waals surface area (Å²) in [6.07, 6.45) is 2.99. The van der Waals surface area contributed by atoms with Crippen molar-refractivity contribution in [3.63, 3.8) is 0 Å². The summed E-state index contributed by atoms with van der Waals surface area (Å²) in [5.74, 6) is 1.16. The van der Waals surface area contributed by atoms with Gasteiger partial charge < -0.3 is 4.74 Å². The fraction of sp³-hybridized carbons (Fsp3) is 0.0909. The van der Waals surface area contributed by atoms with Gasteiger partial charge in [0.1, 0.15) is 5.75 Å². The van der Waals surface area contributed by atoms with Crippen LogP contribution in [0, 0.1) is 6.92 Å². The lowest BCUT2D eigenvalue weighted by molar-refractivity contribution is 0.457. The summed E-state index contributed by atoms with van der Waals surface area (Å²) in [6, 6.07) is 7.69. The second kappa shape index (κ2) is 4.28. The molecule has 0 spiro atoms. The van der Waals surface area contributed by atoms with Crippen molar-refractivity contribution in [1.82, 2.24) is 9.97 Å². The molecule has 0 unspecified atom stereocenters. The van der Waals surface area contributed by atoms with Gasteiger partial charge in [-0.25, -0.2) is 0 Å². The van der Waals surface area contributed by atoms with Crippen LogP contribution in [0.25, 0.3) is 0 Å². The number of hydrogen-bond donors (Lipinski definition) is 0. The lowest BCUT2D eigenvalue weighted by Crippen LogP contribution is -1.91. The van der Waals surface area contributed by atoms with Crippen LogP contribution in [-0.2, 0) is 0 Å². The number of aryl methyl sites for hydroxylation is 1. The molecule has 1 heterocycles. The Balaban J connectivity index is 2.26. The molecule has 0 aliphatic heterocycles. The third-order valence-corrected chi connectivity index (χ3v) is 2.07. The minimum Gasteiger partial charge on any atom is -0.437 e. The van der Waals surface area contributed by atoms with Gasteiger partial charge in [0.2, 0.25) is 5.88 Å². The Hall–Kier alpha value is -1.61. The third kappa shape index (κ3) is 2.44. The van der Waals surface area contributed by atoms with Gasteiger partial charge in [0, 0.05) is 0 Å². The summed E-state index contributed by atoms with van der Waals surface area (Å²) in [6.45, 7) is 1.97. The van der Waals surface area contributed by atoms with Gasteiger partial charge in [-0.2, -0.15) is 4.98 Å². The van der Waals surface area contributed by atoms with E-state index in [2.05, 4.69) is 9.97 Å². The van der Waals surface area contributed by atoms with Crippen LogP contribution in [0.2, 0.25) is 5.15 Å². The Kier molecular flexibility index (Phi) is 2.83. The maximum Gasteiger partial charge on any atom is 0.239 e. The van der Waals surface area contributed by atoms with Crippen molar-refractivity contribution in [3.05, 3.63) is 47.4 Å². The quantitative estimate of drug-likeness (QED) is 0.780. The highest BCUT2D eigenvalue weighted by molar-refractivity contribution is 6.29. The Morgan fingerprint density at radius 1 is 1.20 bits per heavy atom. The molecule has 3 nitrogen and oxygen atoms in total. The van der Waals surface area contributed by atoms with E-state index in [0.717, 1.165) is 11.3 Å². The minimum atomic E-state index is 0.320. The Morgan fingerprint density at radius 3 is 2.73 bits per heavy atom. The predicted molar refractivity (Wildman–Crippen MR) is 58.3 cm³/mol. The van der Waals surface area contributed by atoms with E-state index < -0.39 is 0 Å². The normalized spacial score (nSPS) is 10.0. The first-order valence-electron chi connectivity index (χ1n) is 4.47. The van der Waals surface area contributed by atoms with Gasteiger partial charge in [0.25, 0.3) is 0 Å². The van der Waals surface area contributed by atoms with E-state index in [4.69, 9.17) is 16.3 Å². The molecule has 0 atom stereocenters. The number of rotatable bonds is 2. The fourth-order valence-electron chi connectivity index (χ4n) is 1.16. The fourth-order valence-corrected chi connectivity index (χ4v) is 1.30. The van der Waals surface area contributed by atoms with Gasteiger partial charge in [-0.3, -0.25) is 4.98 Å². The standard InChI is InChI=1S/C11H9ClN2O/c1-8-4-2-3-5-9(8)15-11-7-13-6-10(12)14-11/h2-7H,1H3. The molecule has 4 heteroatoms. The molecule has 1 aromatic heterocycles. The van der Waals surface area contributed by atoms with Crippen LogP contribution in [0.3, 0.4) is 0 Å². The second-order valence-electron chi connectivity index (χ2n) is 3.05. The number of nitrogens with zero attached hydrogens (tertiary/aromatic N) is 2. The van der Waals surface area contributed by atoms with Gasteiger partial charge >= 0.3 is 0 Å². The molecule has 0 saturated carbocycles. The van der Waals surface area contributed by atoms with Crippen LogP contribution in [0.1, 0.15) is 5.56 Å². The SMILES string of the molecule is Cc1ccccc1Oc1cncc(Cl)n1. The molecular weight excluding hydrogens is 212 g/mol. The van der Waals surface area contributed by atoms with Crippen molar-refractivity contribution < 1.29 is 4.74 Å². The molecule has 2 aromatic rings. The lowest BCUT2D eigenvalue weighted by Gasteiger charge is -2.06. The van der Waals surface area contributed by atoms with Crippen molar-refractivity contribution in [3.8, 4) is 11.6 Å². The Bertz CT molecular complexity index is 474. The van der Waals surface area contributed by atoms with Gasteiger partial charge in [-0.05, 0) is 18.6 Å². The first-order valence-corrected chi connectivity index (χ1v) is 4.84. The van der Waals surface area contributed by atoms with E-state index in [1.165, 1.54) is 12.4 Å². The zero-order valence-corrected chi connectivity index (χ0v) is 8.90. The topological polar surface area (TPSA) is 35.0 Å². The van der Waals surface area contributed by atoms with Crippen LogP contribution in [0.15, 0.2) is 36.7 Å². The Labute approximate surface area is 92.7 Å². The lowest BCUT2D eigenvalue weighted by atomic mass is 10.2. The molecule has 0 amide bonds. The molecule has 0 fully saturated rings. The average Bonchev–Trinajstić information content (AvgIpc) is 2.22. The number of ether oxygens (including phenoxy) is 1.